The molecule has 0 fully saturated rings. The molecule has 1 amide bonds. The van der Waals surface area contributed by atoms with Gasteiger partial charge in [-0.1, -0.05) is 53.6 Å². The van der Waals surface area contributed by atoms with Crippen LogP contribution in [-0.2, 0) is 13.1 Å². The zero-order chi connectivity index (χ0) is 20.8. The monoisotopic (exact) mass is 412 g/mol. The van der Waals surface area contributed by atoms with E-state index in [4.69, 9.17) is 16.3 Å². The third-order valence-electron chi connectivity index (χ3n) is 4.48. The number of carbonyl (C=O) groups excluding carboxylic acids is 1. The Morgan fingerprint density at radius 2 is 1.79 bits per heavy atom. The Labute approximate surface area is 174 Å². The fourth-order valence-corrected chi connectivity index (χ4v) is 3.27. The van der Waals surface area contributed by atoms with Gasteiger partial charge in [-0.05, 0) is 42.3 Å². The molecular weight excluding hydrogens is 391 g/mol. The summed E-state index contributed by atoms with van der Waals surface area (Å²) in [5, 5.41) is 6.42. The molecule has 0 aliphatic heterocycles. The Morgan fingerprint density at radius 3 is 2.52 bits per heavy atom. The van der Waals surface area contributed by atoms with E-state index in [9.17, 15) is 9.18 Å². The Bertz CT molecular complexity index is 1020. The van der Waals surface area contributed by atoms with Gasteiger partial charge in [0.05, 0.1) is 17.7 Å². The van der Waals surface area contributed by atoms with E-state index in [1.54, 1.807) is 18.2 Å². The van der Waals surface area contributed by atoms with Crippen LogP contribution in [0.1, 0.15) is 27.0 Å². The molecule has 0 radical (unpaired) electrons. The van der Waals surface area contributed by atoms with Crippen LogP contribution in [-0.4, -0.2) is 13.0 Å². The lowest BCUT2D eigenvalue weighted by molar-refractivity contribution is 0.0951. The van der Waals surface area contributed by atoms with E-state index in [1.165, 1.54) is 24.8 Å². The molecule has 0 bridgehead atoms. The van der Waals surface area contributed by atoms with Crippen molar-refractivity contribution in [2.24, 2.45) is 0 Å². The fourth-order valence-electron chi connectivity index (χ4n) is 3.01. The minimum Gasteiger partial charge on any atom is -0.494 e. The van der Waals surface area contributed by atoms with Gasteiger partial charge in [-0.15, -0.1) is 0 Å². The second-order valence-corrected chi connectivity index (χ2v) is 7.06. The Balaban J connectivity index is 1.72. The molecule has 0 aliphatic rings. The smallest absolute Gasteiger partial charge is 0.255 e. The van der Waals surface area contributed by atoms with Crippen molar-refractivity contribution in [2.75, 3.05) is 12.4 Å². The lowest BCUT2D eigenvalue weighted by Gasteiger charge is -2.14. The lowest BCUT2D eigenvalue weighted by Crippen LogP contribution is -2.24. The molecule has 0 saturated carbocycles. The fraction of sp³-hybridized carbons (Fsp3) is 0.174. The summed E-state index contributed by atoms with van der Waals surface area (Å²) >= 11 is 6.30. The van der Waals surface area contributed by atoms with Gasteiger partial charge in [0.2, 0.25) is 0 Å². The maximum absolute atomic E-state index is 13.8. The van der Waals surface area contributed by atoms with Crippen molar-refractivity contribution in [2.45, 2.75) is 20.0 Å². The molecule has 0 saturated heterocycles. The van der Waals surface area contributed by atoms with E-state index < -0.39 is 5.82 Å². The molecule has 0 heterocycles. The van der Waals surface area contributed by atoms with Crippen LogP contribution < -0.4 is 15.4 Å². The minimum atomic E-state index is -0.475. The zero-order valence-corrected chi connectivity index (χ0v) is 17.0. The number of carbonyl (C=O) groups is 1. The van der Waals surface area contributed by atoms with E-state index >= 15 is 0 Å². The first-order valence-corrected chi connectivity index (χ1v) is 9.54. The SMILES string of the molecule is COc1ccc(CNC(=O)c2c(Cl)cccc2NCc2cccc(C)c2)cc1F. The number of amides is 1. The highest BCUT2D eigenvalue weighted by Gasteiger charge is 2.16. The van der Waals surface area contributed by atoms with Gasteiger partial charge in [0.15, 0.2) is 11.6 Å². The molecule has 150 valence electrons. The average molecular weight is 413 g/mol. The first kappa shape index (κ1) is 20.7. The first-order chi connectivity index (χ1) is 14.0. The summed E-state index contributed by atoms with van der Waals surface area (Å²) in [4.78, 5) is 12.8. The van der Waals surface area contributed by atoms with Gasteiger partial charge < -0.3 is 15.4 Å². The van der Waals surface area contributed by atoms with Crippen LogP contribution in [0.25, 0.3) is 0 Å². The number of hydrogen-bond donors (Lipinski definition) is 2. The minimum absolute atomic E-state index is 0.161. The molecule has 2 N–H and O–H groups in total. The summed E-state index contributed by atoms with van der Waals surface area (Å²) < 4.78 is 18.8. The maximum atomic E-state index is 13.8. The normalized spacial score (nSPS) is 10.5. The van der Waals surface area contributed by atoms with E-state index in [0.717, 1.165) is 5.56 Å². The zero-order valence-electron chi connectivity index (χ0n) is 16.3. The summed E-state index contributed by atoms with van der Waals surface area (Å²) in [5.41, 5.74) is 3.89. The molecule has 6 heteroatoms. The molecule has 3 aromatic rings. The van der Waals surface area contributed by atoms with Crippen molar-refractivity contribution in [3.8, 4) is 5.75 Å². The Hall–Kier alpha value is -3.05. The van der Waals surface area contributed by atoms with Crippen LogP contribution in [0.15, 0.2) is 60.7 Å². The maximum Gasteiger partial charge on any atom is 0.255 e. The third kappa shape index (κ3) is 5.27. The number of methoxy groups -OCH3 is 1. The molecule has 3 aromatic carbocycles. The summed E-state index contributed by atoms with van der Waals surface area (Å²) in [6.07, 6.45) is 0. The van der Waals surface area contributed by atoms with Gasteiger partial charge in [-0.2, -0.15) is 0 Å². The topological polar surface area (TPSA) is 50.4 Å². The molecule has 0 aliphatic carbocycles. The second-order valence-electron chi connectivity index (χ2n) is 6.66. The first-order valence-electron chi connectivity index (χ1n) is 9.16. The van der Waals surface area contributed by atoms with Crippen molar-refractivity contribution in [3.63, 3.8) is 0 Å². The van der Waals surface area contributed by atoms with Crippen LogP contribution >= 0.6 is 11.6 Å². The molecule has 0 aromatic heterocycles. The van der Waals surface area contributed by atoms with Crippen molar-refractivity contribution < 1.29 is 13.9 Å². The third-order valence-corrected chi connectivity index (χ3v) is 4.79. The standard InChI is InChI=1S/C23H22ClFN2O2/c1-15-5-3-6-16(11-15)13-26-20-8-4-7-18(24)22(20)23(28)27-14-17-9-10-21(29-2)19(25)12-17/h3-12,26H,13-14H2,1-2H3,(H,27,28). The number of nitrogens with one attached hydrogen (secondary N) is 2. The lowest BCUT2D eigenvalue weighted by atomic mass is 10.1. The molecule has 0 atom stereocenters. The Kier molecular flexibility index (Phi) is 6.73. The van der Waals surface area contributed by atoms with Gasteiger partial charge in [-0.3, -0.25) is 4.79 Å². The summed E-state index contributed by atoms with van der Waals surface area (Å²) in [6.45, 7) is 2.76. The van der Waals surface area contributed by atoms with Gasteiger partial charge in [0.25, 0.3) is 5.91 Å². The molecule has 29 heavy (non-hydrogen) atoms. The van der Waals surface area contributed by atoms with Crippen LogP contribution in [0.3, 0.4) is 0 Å². The van der Waals surface area contributed by atoms with Gasteiger partial charge in [0.1, 0.15) is 0 Å². The van der Waals surface area contributed by atoms with Crippen molar-refractivity contribution in [3.05, 3.63) is 93.8 Å². The molecule has 0 unspecified atom stereocenters. The highest BCUT2D eigenvalue weighted by Crippen LogP contribution is 2.25. The van der Waals surface area contributed by atoms with Gasteiger partial charge >= 0.3 is 0 Å². The number of aryl methyl sites for hydroxylation is 1. The number of rotatable bonds is 7. The summed E-state index contributed by atoms with van der Waals surface area (Å²) in [5.74, 6) is -0.648. The van der Waals surface area contributed by atoms with Crippen molar-refractivity contribution in [1.29, 1.82) is 0 Å². The number of halogens is 2. The number of ether oxygens (including phenoxy) is 1. The number of hydrogen-bond acceptors (Lipinski definition) is 3. The molecule has 3 rings (SSSR count). The van der Waals surface area contributed by atoms with E-state index in [1.807, 2.05) is 31.2 Å². The van der Waals surface area contributed by atoms with E-state index in [2.05, 4.69) is 16.7 Å². The summed E-state index contributed by atoms with van der Waals surface area (Å²) in [6, 6.07) is 17.9. The predicted molar refractivity (Wildman–Crippen MR) is 114 cm³/mol. The predicted octanol–water partition coefficient (Wildman–Crippen LogP) is 5.34. The largest absolute Gasteiger partial charge is 0.494 e. The Morgan fingerprint density at radius 1 is 1.03 bits per heavy atom. The van der Waals surface area contributed by atoms with Crippen LogP contribution in [0, 0.1) is 12.7 Å². The van der Waals surface area contributed by atoms with Crippen molar-refractivity contribution in [1.82, 2.24) is 5.32 Å². The second kappa shape index (κ2) is 9.43. The van der Waals surface area contributed by atoms with Crippen molar-refractivity contribution >= 4 is 23.2 Å². The molecule has 0 spiro atoms. The average Bonchev–Trinajstić information content (AvgIpc) is 2.70. The molecule has 4 nitrogen and oxygen atoms in total. The van der Waals surface area contributed by atoms with Gasteiger partial charge in [0, 0.05) is 18.8 Å². The highest BCUT2D eigenvalue weighted by molar-refractivity contribution is 6.34. The van der Waals surface area contributed by atoms with E-state index in [-0.39, 0.29) is 18.2 Å². The molecular formula is C23H22ClFN2O2. The van der Waals surface area contributed by atoms with Crippen LogP contribution in [0.5, 0.6) is 5.75 Å². The van der Waals surface area contributed by atoms with Crippen LogP contribution in [0.2, 0.25) is 5.02 Å². The quantitative estimate of drug-likeness (QED) is 0.550. The van der Waals surface area contributed by atoms with Gasteiger partial charge in [-0.25, -0.2) is 4.39 Å². The summed E-state index contributed by atoms with van der Waals surface area (Å²) in [7, 11) is 1.41. The van der Waals surface area contributed by atoms with Crippen LogP contribution in [0.4, 0.5) is 10.1 Å². The highest BCUT2D eigenvalue weighted by atomic mass is 35.5. The number of benzene rings is 3. The number of anilines is 1. The van der Waals surface area contributed by atoms with E-state index in [0.29, 0.717) is 28.4 Å².